The van der Waals surface area contributed by atoms with E-state index >= 15 is 0 Å². The van der Waals surface area contributed by atoms with Gasteiger partial charge in [-0.05, 0) is 31.4 Å². The van der Waals surface area contributed by atoms with Crippen molar-refractivity contribution < 1.29 is 23.8 Å². The van der Waals surface area contributed by atoms with Crippen LogP contribution in [0.25, 0.3) is 0 Å². The molecule has 2 saturated heterocycles. The number of nitrogens with one attached hydrogen (secondary N) is 1. The molecule has 2 aliphatic carbocycles. The van der Waals surface area contributed by atoms with Gasteiger partial charge in [0.1, 0.15) is 23.1 Å². The van der Waals surface area contributed by atoms with E-state index in [0.29, 0.717) is 25.9 Å². The number of hydrogen-bond donors (Lipinski definition) is 1. The fraction of sp³-hybridized carbons (Fsp3) is 0.619. The van der Waals surface area contributed by atoms with Crippen LogP contribution >= 0.6 is 0 Å². The quantitative estimate of drug-likeness (QED) is 0.807. The first-order chi connectivity index (χ1) is 13.5. The van der Waals surface area contributed by atoms with Gasteiger partial charge in [-0.15, -0.1) is 0 Å². The standard InChI is InChI=1S/C21H24N2O5/c1-12-2-3-15-16(20(4-5-20)10-27-15)17(12)28-14-8-13(9-14)23-18(24)21(22-19(23)25)6-7-26-11-21/h2-3,13-14H,4-11H2,1H3,(H,22,25)/t13?,14?,21-/m0/s1. The Morgan fingerprint density at radius 3 is 2.71 bits per heavy atom. The van der Waals surface area contributed by atoms with Gasteiger partial charge in [0.05, 0.1) is 13.2 Å². The second-order valence-corrected chi connectivity index (χ2v) is 9.01. The van der Waals surface area contributed by atoms with E-state index in [4.69, 9.17) is 14.2 Å². The van der Waals surface area contributed by atoms with Gasteiger partial charge in [-0.2, -0.15) is 0 Å². The molecule has 0 aromatic heterocycles. The summed E-state index contributed by atoms with van der Waals surface area (Å²) in [7, 11) is 0. The van der Waals surface area contributed by atoms with Crippen LogP contribution in [0.4, 0.5) is 4.79 Å². The zero-order valence-corrected chi connectivity index (χ0v) is 16.0. The summed E-state index contributed by atoms with van der Waals surface area (Å²) in [5, 5.41) is 2.86. The molecule has 28 heavy (non-hydrogen) atoms. The summed E-state index contributed by atoms with van der Waals surface area (Å²) in [6.45, 7) is 3.61. The number of urea groups is 1. The first kappa shape index (κ1) is 16.7. The lowest BCUT2D eigenvalue weighted by Gasteiger charge is -2.40. The van der Waals surface area contributed by atoms with Gasteiger partial charge in [0.25, 0.3) is 5.91 Å². The minimum Gasteiger partial charge on any atom is -0.492 e. The lowest BCUT2D eigenvalue weighted by Crippen LogP contribution is -2.53. The van der Waals surface area contributed by atoms with Crippen molar-refractivity contribution in [2.45, 2.75) is 62.1 Å². The second kappa shape index (κ2) is 5.41. The molecule has 1 aromatic carbocycles. The van der Waals surface area contributed by atoms with Crippen LogP contribution in [0.3, 0.4) is 0 Å². The molecule has 5 aliphatic rings. The van der Waals surface area contributed by atoms with Crippen molar-refractivity contribution >= 4 is 11.9 Å². The maximum absolute atomic E-state index is 12.8. The second-order valence-electron chi connectivity index (χ2n) is 9.01. The minimum absolute atomic E-state index is 0.0172. The Balaban J connectivity index is 1.18. The number of aryl methyl sites for hydroxylation is 1. The molecule has 3 heterocycles. The van der Waals surface area contributed by atoms with E-state index in [1.165, 1.54) is 10.5 Å². The smallest absolute Gasteiger partial charge is 0.325 e. The third-order valence-electron chi connectivity index (χ3n) is 7.14. The van der Waals surface area contributed by atoms with Gasteiger partial charge >= 0.3 is 6.03 Å². The third kappa shape index (κ3) is 2.14. The van der Waals surface area contributed by atoms with Crippen LogP contribution in [0.15, 0.2) is 12.1 Å². The molecule has 3 amide bonds. The molecule has 2 saturated carbocycles. The normalized spacial score (nSPS) is 34.4. The van der Waals surface area contributed by atoms with Crippen molar-refractivity contribution in [3.05, 3.63) is 23.3 Å². The van der Waals surface area contributed by atoms with Crippen molar-refractivity contribution in [3.63, 3.8) is 0 Å². The van der Waals surface area contributed by atoms with Crippen molar-refractivity contribution in [1.29, 1.82) is 0 Å². The molecule has 6 rings (SSSR count). The number of imide groups is 1. The number of hydrogen-bond acceptors (Lipinski definition) is 5. The first-order valence-electron chi connectivity index (χ1n) is 10.2. The molecule has 7 nitrogen and oxygen atoms in total. The van der Waals surface area contributed by atoms with Gasteiger partial charge in [0.15, 0.2) is 0 Å². The highest BCUT2D eigenvalue weighted by Gasteiger charge is 2.57. The summed E-state index contributed by atoms with van der Waals surface area (Å²) in [5.74, 6) is 1.76. The number of nitrogens with zero attached hydrogens (tertiary/aromatic N) is 1. The highest BCUT2D eigenvalue weighted by Crippen LogP contribution is 2.59. The van der Waals surface area contributed by atoms with E-state index < -0.39 is 5.54 Å². The van der Waals surface area contributed by atoms with Crippen LogP contribution in [0.1, 0.15) is 43.2 Å². The van der Waals surface area contributed by atoms with Gasteiger partial charge in [-0.25, -0.2) is 4.79 Å². The molecule has 1 N–H and O–H groups in total. The minimum atomic E-state index is -0.838. The summed E-state index contributed by atoms with van der Waals surface area (Å²) in [6, 6.07) is 3.71. The number of carbonyl (C=O) groups is 2. The number of amides is 3. The zero-order valence-electron chi connectivity index (χ0n) is 16.0. The van der Waals surface area contributed by atoms with Gasteiger partial charge in [-0.1, -0.05) is 6.07 Å². The monoisotopic (exact) mass is 384 g/mol. The first-order valence-corrected chi connectivity index (χ1v) is 10.2. The van der Waals surface area contributed by atoms with E-state index in [9.17, 15) is 9.59 Å². The number of fused-ring (bicyclic) bond motifs is 2. The molecule has 148 valence electrons. The summed E-state index contributed by atoms with van der Waals surface area (Å²) >= 11 is 0. The Labute approximate surface area is 163 Å². The van der Waals surface area contributed by atoms with Crippen molar-refractivity contribution in [2.24, 2.45) is 0 Å². The molecular formula is C21H24N2O5. The lowest BCUT2D eigenvalue weighted by atomic mass is 9.86. The van der Waals surface area contributed by atoms with Gasteiger partial charge in [-0.3, -0.25) is 9.69 Å². The summed E-state index contributed by atoms with van der Waals surface area (Å²) < 4.78 is 17.7. The van der Waals surface area contributed by atoms with Gasteiger partial charge in [0.2, 0.25) is 0 Å². The number of rotatable bonds is 3. The SMILES string of the molecule is Cc1ccc2c(c1OC1CC(N3C(=O)N[C@]4(CCOC4)C3=O)C1)C1(CC1)CO2. The Morgan fingerprint density at radius 2 is 2.00 bits per heavy atom. The average Bonchev–Trinajstić information content (AvgIpc) is 2.99. The van der Waals surface area contributed by atoms with Crippen LogP contribution in [0.5, 0.6) is 11.5 Å². The van der Waals surface area contributed by atoms with Crippen LogP contribution in [0.2, 0.25) is 0 Å². The molecule has 1 atom stereocenters. The maximum atomic E-state index is 12.8. The summed E-state index contributed by atoms with van der Waals surface area (Å²) in [6.07, 6.45) is 4.22. The Hall–Kier alpha value is -2.28. The van der Waals surface area contributed by atoms with Crippen molar-refractivity contribution in [2.75, 3.05) is 19.8 Å². The number of carbonyl (C=O) groups excluding carboxylic acids is 2. The fourth-order valence-electron chi connectivity index (χ4n) is 5.09. The molecule has 3 aliphatic heterocycles. The fourth-order valence-corrected chi connectivity index (χ4v) is 5.09. The third-order valence-corrected chi connectivity index (χ3v) is 7.14. The van der Waals surface area contributed by atoms with Gasteiger partial charge in [0, 0.05) is 42.9 Å². The predicted molar refractivity (Wildman–Crippen MR) is 98.6 cm³/mol. The highest BCUT2D eigenvalue weighted by molar-refractivity contribution is 6.07. The topological polar surface area (TPSA) is 77.1 Å². The lowest BCUT2D eigenvalue weighted by molar-refractivity contribution is -0.135. The Kier molecular flexibility index (Phi) is 3.22. The van der Waals surface area contributed by atoms with Crippen LogP contribution < -0.4 is 14.8 Å². The van der Waals surface area contributed by atoms with E-state index in [2.05, 4.69) is 12.2 Å². The Morgan fingerprint density at radius 1 is 1.18 bits per heavy atom. The predicted octanol–water partition coefficient (Wildman–Crippen LogP) is 2.04. The van der Waals surface area contributed by atoms with Crippen molar-refractivity contribution in [1.82, 2.24) is 10.2 Å². The largest absolute Gasteiger partial charge is 0.492 e. The number of ether oxygens (including phenoxy) is 3. The molecule has 2 spiro atoms. The van der Waals surface area contributed by atoms with Crippen molar-refractivity contribution in [3.8, 4) is 11.5 Å². The summed E-state index contributed by atoms with van der Waals surface area (Å²) in [5.41, 5.74) is 1.67. The molecule has 1 aromatic rings. The molecule has 0 radical (unpaired) electrons. The van der Waals surface area contributed by atoms with E-state index in [0.717, 1.165) is 36.5 Å². The summed E-state index contributed by atoms with van der Waals surface area (Å²) in [4.78, 5) is 26.7. The molecular weight excluding hydrogens is 360 g/mol. The van der Waals surface area contributed by atoms with E-state index in [-0.39, 0.29) is 36.1 Å². The zero-order chi connectivity index (χ0) is 19.1. The average molecular weight is 384 g/mol. The highest BCUT2D eigenvalue weighted by atomic mass is 16.5. The molecule has 7 heteroatoms. The van der Waals surface area contributed by atoms with Crippen LogP contribution in [-0.4, -0.2) is 54.3 Å². The number of benzene rings is 1. The van der Waals surface area contributed by atoms with Gasteiger partial charge < -0.3 is 19.5 Å². The van der Waals surface area contributed by atoms with E-state index in [1.54, 1.807) is 0 Å². The van der Waals surface area contributed by atoms with Crippen LogP contribution in [0, 0.1) is 6.92 Å². The van der Waals surface area contributed by atoms with E-state index in [1.807, 2.05) is 12.1 Å². The maximum Gasteiger partial charge on any atom is 0.325 e. The molecule has 0 bridgehead atoms. The molecule has 0 unspecified atom stereocenters. The molecule has 4 fully saturated rings. The Bertz CT molecular complexity index is 881. The van der Waals surface area contributed by atoms with Crippen LogP contribution in [-0.2, 0) is 14.9 Å².